The molecular formula is C18H12Cl5N3O2. The minimum Gasteiger partial charge on any atom is -0.316 e. The van der Waals surface area contributed by atoms with Crippen LogP contribution in [-0.2, 0) is 7.05 Å². The van der Waals surface area contributed by atoms with E-state index in [1.54, 1.807) is 42.9 Å². The molecule has 0 fully saturated rings. The standard InChI is InChI=1S/C18H12Cl5N3O2/c1-8-16(18(28)26(25(8)2)9-6-4-3-5-7-9)24-17(27)10-11(19)13(21)15(23)14(22)12(10)20/h3-7H,1-2H3,(H,24,27). The van der Waals surface area contributed by atoms with Gasteiger partial charge in [-0.3, -0.25) is 14.3 Å². The number of rotatable bonds is 3. The molecule has 0 radical (unpaired) electrons. The first-order chi connectivity index (χ1) is 13.2. The SMILES string of the molecule is Cc1c(NC(=O)c2c(Cl)c(Cl)c(Cl)c(Cl)c2Cl)c(=O)n(-c2ccccc2)n1C. The maximum atomic E-state index is 12.9. The molecule has 3 aromatic rings. The fraction of sp³-hybridized carbons (Fsp3) is 0.111. The smallest absolute Gasteiger partial charge is 0.295 e. The lowest BCUT2D eigenvalue weighted by Gasteiger charge is -2.12. The summed E-state index contributed by atoms with van der Waals surface area (Å²) >= 11 is 30.3. The molecule has 10 heteroatoms. The number of nitrogens with one attached hydrogen (secondary N) is 1. The Kier molecular flexibility index (Phi) is 6.03. The van der Waals surface area contributed by atoms with E-state index in [9.17, 15) is 9.59 Å². The zero-order chi connectivity index (χ0) is 20.7. The van der Waals surface area contributed by atoms with Crippen molar-refractivity contribution in [3.63, 3.8) is 0 Å². The van der Waals surface area contributed by atoms with E-state index in [2.05, 4.69) is 5.32 Å². The summed E-state index contributed by atoms with van der Waals surface area (Å²) in [6.45, 7) is 1.70. The van der Waals surface area contributed by atoms with E-state index in [4.69, 9.17) is 58.0 Å². The minimum absolute atomic E-state index is 0.0581. The van der Waals surface area contributed by atoms with Crippen molar-refractivity contribution in [1.29, 1.82) is 0 Å². The normalized spacial score (nSPS) is 11.0. The maximum absolute atomic E-state index is 12.9. The summed E-state index contributed by atoms with van der Waals surface area (Å²) in [5.74, 6) is -0.735. The van der Waals surface area contributed by atoms with Crippen molar-refractivity contribution < 1.29 is 4.79 Å². The maximum Gasteiger partial charge on any atom is 0.295 e. The lowest BCUT2D eigenvalue weighted by molar-refractivity contribution is 0.102. The Hall–Kier alpha value is -1.63. The van der Waals surface area contributed by atoms with Crippen molar-refractivity contribution in [2.45, 2.75) is 6.92 Å². The number of carbonyl (C=O) groups is 1. The van der Waals surface area contributed by atoms with Crippen LogP contribution in [-0.4, -0.2) is 15.3 Å². The molecule has 0 unspecified atom stereocenters. The Balaban J connectivity index is 2.10. The van der Waals surface area contributed by atoms with Crippen LogP contribution in [0.3, 0.4) is 0 Å². The van der Waals surface area contributed by atoms with Gasteiger partial charge in [0.2, 0.25) is 0 Å². The van der Waals surface area contributed by atoms with Gasteiger partial charge in [-0.1, -0.05) is 76.2 Å². The van der Waals surface area contributed by atoms with Crippen LogP contribution >= 0.6 is 58.0 Å². The Morgan fingerprint density at radius 2 is 1.39 bits per heavy atom. The molecule has 0 saturated carbocycles. The molecule has 0 atom stereocenters. The van der Waals surface area contributed by atoms with Crippen LogP contribution in [0.25, 0.3) is 5.69 Å². The highest BCUT2D eigenvalue weighted by Crippen LogP contribution is 2.44. The number of hydrogen-bond donors (Lipinski definition) is 1. The third-order valence-corrected chi connectivity index (χ3v) is 6.51. The largest absolute Gasteiger partial charge is 0.316 e. The molecule has 0 aliphatic heterocycles. The van der Waals surface area contributed by atoms with Crippen molar-refractivity contribution in [2.75, 3.05) is 5.32 Å². The van der Waals surface area contributed by atoms with E-state index < -0.39 is 11.5 Å². The van der Waals surface area contributed by atoms with Crippen LogP contribution in [0.5, 0.6) is 0 Å². The number of carbonyl (C=O) groups excluding carboxylic acids is 1. The second-order valence-electron chi connectivity index (χ2n) is 5.84. The van der Waals surface area contributed by atoms with E-state index in [1.165, 1.54) is 4.68 Å². The predicted octanol–water partition coefficient (Wildman–Crippen LogP) is 6.00. The number of para-hydroxylation sites is 1. The van der Waals surface area contributed by atoms with Crippen LogP contribution in [0.15, 0.2) is 35.1 Å². The molecule has 28 heavy (non-hydrogen) atoms. The van der Waals surface area contributed by atoms with Crippen LogP contribution < -0.4 is 10.9 Å². The minimum atomic E-state index is -0.735. The number of anilines is 1. The van der Waals surface area contributed by atoms with Crippen molar-refractivity contribution >= 4 is 69.6 Å². The molecular weight excluding hydrogens is 467 g/mol. The van der Waals surface area contributed by atoms with Crippen molar-refractivity contribution in [3.05, 3.63) is 77.1 Å². The molecule has 1 aromatic heterocycles. The van der Waals surface area contributed by atoms with Gasteiger partial charge in [0.1, 0.15) is 5.69 Å². The molecule has 5 nitrogen and oxygen atoms in total. The fourth-order valence-corrected chi connectivity index (χ4v) is 4.00. The second-order valence-corrected chi connectivity index (χ2v) is 7.73. The van der Waals surface area contributed by atoms with E-state index in [-0.39, 0.29) is 36.4 Å². The zero-order valence-electron chi connectivity index (χ0n) is 14.5. The first-order valence-corrected chi connectivity index (χ1v) is 9.72. The molecule has 0 aliphatic carbocycles. The van der Waals surface area contributed by atoms with Crippen LogP contribution in [0.2, 0.25) is 25.1 Å². The number of aromatic nitrogens is 2. The Bertz CT molecular complexity index is 1120. The van der Waals surface area contributed by atoms with E-state index in [0.717, 1.165) is 0 Å². The van der Waals surface area contributed by atoms with Crippen LogP contribution in [0.4, 0.5) is 5.69 Å². The van der Waals surface area contributed by atoms with Gasteiger partial charge in [0.25, 0.3) is 11.5 Å². The summed E-state index contributed by atoms with van der Waals surface area (Å²) in [6, 6.07) is 9.00. The Morgan fingerprint density at radius 3 is 1.93 bits per heavy atom. The molecule has 1 heterocycles. The van der Waals surface area contributed by atoms with Crippen LogP contribution in [0.1, 0.15) is 16.1 Å². The van der Waals surface area contributed by atoms with Gasteiger partial charge in [-0.2, -0.15) is 0 Å². The molecule has 0 spiro atoms. The number of nitrogens with zero attached hydrogens (tertiary/aromatic N) is 2. The van der Waals surface area contributed by atoms with Gasteiger partial charge < -0.3 is 5.32 Å². The highest BCUT2D eigenvalue weighted by Gasteiger charge is 2.26. The average molecular weight is 480 g/mol. The Morgan fingerprint density at radius 1 is 0.893 bits per heavy atom. The molecule has 146 valence electrons. The zero-order valence-corrected chi connectivity index (χ0v) is 18.3. The summed E-state index contributed by atoms with van der Waals surface area (Å²) < 4.78 is 3.05. The Labute approximate surface area is 185 Å². The molecule has 1 N–H and O–H groups in total. The van der Waals surface area contributed by atoms with Gasteiger partial charge >= 0.3 is 0 Å². The molecule has 2 aromatic carbocycles. The molecule has 0 bridgehead atoms. The second kappa shape index (κ2) is 8.01. The number of hydrogen-bond acceptors (Lipinski definition) is 2. The van der Waals surface area contributed by atoms with E-state index >= 15 is 0 Å². The summed E-state index contributed by atoms with van der Waals surface area (Å²) in [5.41, 5.74) is 0.660. The van der Waals surface area contributed by atoms with Gasteiger partial charge in [0.05, 0.1) is 42.1 Å². The van der Waals surface area contributed by atoms with Gasteiger partial charge in [-0.25, -0.2) is 4.68 Å². The van der Waals surface area contributed by atoms with Crippen molar-refractivity contribution in [1.82, 2.24) is 9.36 Å². The predicted molar refractivity (Wildman–Crippen MR) is 115 cm³/mol. The fourth-order valence-electron chi connectivity index (χ4n) is 2.69. The lowest BCUT2D eigenvalue weighted by atomic mass is 10.2. The van der Waals surface area contributed by atoms with E-state index in [1.807, 2.05) is 6.07 Å². The van der Waals surface area contributed by atoms with Crippen LogP contribution in [0, 0.1) is 6.92 Å². The molecule has 3 rings (SSSR count). The first-order valence-electron chi connectivity index (χ1n) is 7.83. The highest BCUT2D eigenvalue weighted by molar-refractivity contribution is 6.56. The average Bonchev–Trinajstić information content (AvgIpc) is 2.89. The van der Waals surface area contributed by atoms with Gasteiger partial charge in [0, 0.05) is 7.05 Å². The number of benzene rings is 2. The molecule has 1 amide bonds. The van der Waals surface area contributed by atoms with Gasteiger partial charge in [-0.05, 0) is 19.1 Å². The quantitative estimate of drug-likeness (QED) is 0.370. The monoisotopic (exact) mass is 477 g/mol. The summed E-state index contributed by atoms with van der Waals surface area (Å²) in [7, 11) is 1.70. The molecule has 0 aliphatic rings. The molecule has 0 saturated heterocycles. The van der Waals surface area contributed by atoms with Crippen molar-refractivity contribution in [3.8, 4) is 5.69 Å². The summed E-state index contributed by atoms with van der Waals surface area (Å²) in [5, 5.41) is 1.98. The number of halogens is 5. The highest BCUT2D eigenvalue weighted by atomic mass is 35.5. The summed E-state index contributed by atoms with van der Waals surface area (Å²) in [4.78, 5) is 25.8. The number of amides is 1. The first kappa shape index (κ1) is 21.1. The third-order valence-electron chi connectivity index (χ3n) is 4.23. The third kappa shape index (κ3) is 3.42. The van der Waals surface area contributed by atoms with Crippen molar-refractivity contribution in [2.24, 2.45) is 7.05 Å². The summed E-state index contributed by atoms with van der Waals surface area (Å²) in [6.07, 6.45) is 0. The topological polar surface area (TPSA) is 56.0 Å². The van der Waals surface area contributed by atoms with Gasteiger partial charge in [0.15, 0.2) is 0 Å². The lowest BCUT2D eigenvalue weighted by Crippen LogP contribution is -2.23. The van der Waals surface area contributed by atoms with E-state index in [0.29, 0.717) is 11.4 Å². The van der Waals surface area contributed by atoms with Gasteiger partial charge in [-0.15, -0.1) is 0 Å².